The van der Waals surface area contributed by atoms with E-state index in [2.05, 4.69) is 20.4 Å². The number of hydrogen-bond donors (Lipinski definition) is 2. The molecule has 2 N–H and O–H groups in total. The number of hydrogen-bond acceptors (Lipinski definition) is 7. The Bertz CT molecular complexity index is 1300. The minimum Gasteiger partial charge on any atom is -0.345 e. The molecule has 0 aliphatic carbocycles. The molecule has 0 aliphatic heterocycles. The average Bonchev–Trinajstić information content (AvgIpc) is 3.35. The summed E-state index contributed by atoms with van der Waals surface area (Å²) >= 11 is 0. The normalized spacial score (nSPS) is 12.9. The minimum atomic E-state index is -3.62. The van der Waals surface area contributed by atoms with Gasteiger partial charge in [-0.2, -0.15) is 5.10 Å². The van der Waals surface area contributed by atoms with Gasteiger partial charge >= 0.3 is 0 Å². The van der Waals surface area contributed by atoms with Crippen LogP contribution in [-0.2, 0) is 19.6 Å². The van der Waals surface area contributed by atoms with Crippen molar-refractivity contribution in [1.29, 1.82) is 0 Å². The van der Waals surface area contributed by atoms with Crippen molar-refractivity contribution in [3.63, 3.8) is 0 Å². The third-order valence-electron chi connectivity index (χ3n) is 5.05. The summed E-state index contributed by atoms with van der Waals surface area (Å²) in [5.74, 6) is -1.02. The summed E-state index contributed by atoms with van der Waals surface area (Å²) in [6, 6.07) is 13.3. The largest absolute Gasteiger partial charge is 0.345 e. The molecule has 10 nitrogen and oxygen atoms in total. The second-order valence-electron chi connectivity index (χ2n) is 7.67. The molecule has 0 saturated heterocycles. The molecule has 1 unspecified atom stereocenters. The van der Waals surface area contributed by atoms with Crippen molar-refractivity contribution in [2.24, 2.45) is 11.0 Å². The molecule has 11 heteroatoms. The molecule has 0 spiro atoms. The fraction of sp³-hybridized carbons (Fsp3) is 0.217. The van der Waals surface area contributed by atoms with Crippen LogP contribution >= 0.6 is 0 Å². The van der Waals surface area contributed by atoms with Gasteiger partial charge in [0, 0.05) is 44.8 Å². The highest BCUT2D eigenvalue weighted by Crippen LogP contribution is 2.22. The van der Waals surface area contributed by atoms with Crippen LogP contribution in [0.5, 0.6) is 0 Å². The van der Waals surface area contributed by atoms with Crippen LogP contribution in [0.3, 0.4) is 0 Å². The van der Waals surface area contributed by atoms with E-state index in [1.807, 2.05) is 6.07 Å². The second-order valence-corrected chi connectivity index (χ2v) is 9.82. The fourth-order valence-corrected chi connectivity index (χ4v) is 4.09. The first-order chi connectivity index (χ1) is 16.1. The first-order valence-corrected chi connectivity index (χ1v) is 11.7. The number of nitrogens with zero attached hydrogens (tertiary/aromatic N) is 4. The Kier molecular flexibility index (Phi) is 7.59. The van der Waals surface area contributed by atoms with Gasteiger partial charge < -0.3 is 15.1 Å². The number of rotatable bonds is 9. The van der Waals surface area contributed by atoms with Crippen LogP contribution in [0.1, 0.15) is 6.92 Å². The summed E-state index contributed by atoms with van der Waals surface area (Å²) < 4.78 is 25.9. The Morgan fingerprint density at radius 2 is 1.88 bits per heavy atom. The van der Waals surface area contributed by atoms with Gasteiger partial charge in [0.15, 0.2) is 0 Å². The van der Waals surface area contributed by atoms with Crippen molar-refractivity contribution >= 4 is 39.3 Å². The molecule has 0 bridgehead atoms. The van der Waals surface area contributed by atoms with Crippen molar-refractivity contribution in [2.75, 3.05) is 31.5 Å². The molecule has 1 atom stereocenters. The van der Waals surface area contributed by atoms with Crippen molar-refractivity contribution in [2.45, 2.75) is 11.8 Å². The number of sulfonamides is 1. The highest BCUT2D eigenvalue weighted by molar-refractivity contribution is 7.89. The second kappa shape index (κ2) is 10.4. The lowest BCUT2D eigenvalue weighted by molar-refractivity contribution is -0.122. The Morgan fingerprint density at radius 3 is 2.53 bits per heavy atom. The Hall–Kier alpha value is -3.83. The maximum atomic E-state index is 12.8. The van der Waals surface area contributed by atoms with Gasteiger partial charge in [-0.05, 0) is 37.3 Å². The molecule has 0 radical (unpaired) electrons. The number of anilines is 2. The van der Waals surface area contributed by atoms with E-state index in [-0.39, 0.29) is 10.6 Å². The number of imidazole rings is 1. The molecule has 2 aromatic carbocycles. The van der Waals surface area contributed by atoms with Crippen molar-refractivity contribution in [3.8, 4) is 11.4 Å². The standard InChI is InChI=1S/C23H26N6O4S/c1-16(27-29(4)19-9-6-10-20(14-19)34(32,33)28(2)3)21(15-30)23(31)26-18-8-5-7-17(13-18)22-24-11-12-25-22/h5-15,21H,1-4H3,(H,24,25)(H,26,31)/b27-16-. The van der Waals surface area contributed by atoms with Crippen LogP contribution in [0.15, 0.2) is 70.9 Å². The van der Waals surface area contributed by atoms with Crippen LogP contribution in [0.2, 0.25) is 0 Å². The molecule has 1 heterocycles. The topological polar surface area (TPSA) is 128 Å². The molecular formula is C23H26N6O4S. The van der Waals surface area contributed by atoms with Crippen LogP contribution in [0.25, 0.3) is 11.4 Å². The first-order valence-electron chi connectivity index (χ1n) is 10.3. The lowest BCUT2D eigenvalue weighted by Gasteiger charge is -2.18. The average molecular weight is 483 g/mol. The molecule has 3 rings (SSSR count). The zero-order valence-corrected chi connectivity index (χ0v) is 20.1. The van der Waals surface area contributed by atoms with E-state index in [0.29, 0.717) is 23.5 Å². The quantitative estimate of drug-likeness (QED) is 0.209. The summed E-state index contributed by atoms with van der Waals surface area (Å²) in [6.07, 6.45) is 3.85. The van der Waals surface area contributed by atoms with Crippen molar-refractivity contribution in [3.05, 3.63) is 60.9 Å². The smallest absolute Gasteiger partial charge is 0.242 e. The van der Waals surface area contributed by atoms with Gasteiger partial charge in [-0.25, -0.2) is 17.7 Å². The van der Waals surface area contributed by atoms with Crippen molar-refractivity contribution in [1.82, 2.24) is 14.3 Å². The summed E-state index contributed by atoms with van der Waals surface area (Å²) in [5, 5.41) is 8.50. The number of amides is 1. The number of aromatic amines is 1. The third-order valence-corrected chi connectivity index (χ3v) is 6.86. The zero-order valence-electron chi connectivity index (χ0n) is 19.3. The van der Waals surface area contributed by atoms with Crippen LogP contribution in [0, 0.1) is 5.92 Å². The highest BCUT2D eigenvalue weighted by atomic mass is 32.2. The highest BCUT2D eigenvalue weighted by Gasteiger charge is 2.23. The summed E-state index contributed by atoms with van der Waals surface area (Å²) in [6.45, 7) is 1.56. The van der Waals surface area contributed by atoms with Crippen LogP contribution in [-0.4, -0.2) is 61.7 Å². The number of carbonyl (C=O) groups excluding carboxylic acids is 2. The van der Waals surface area contributed by atoms with E-state index in [9.17, 15) is 18.0 Å². The molecule has 1 aromatic heterocycles. The van der Waals surface area contributed by atoms with Gasteiger partial charge in [-0.3, -0.25) is 9.80 Å². The molecule has 1 amide bonds. The van der Waals surface area contributed by atoms with E-state index >= 15 is 0 Å². The third kappa shape index (κ3) is 5.56. The van der Waals surface area contributed by atoms with Crippen LogP contribution < -0.4 is 10.3 Å². The molecule has 0 saturated carbocycles. The monoisotopic (exact) mass is 482 g/mol. The Labute approximate surface area is 198 Å². The Balaban J connectivity index is 1.78. The van der Waals surface area contributed by atoms with Crippen molar-refractivity contribution < 1.29 is 18.0 Å². The Morgan fingerprint density at radius 1 is 1.15 bits per heavy atom. The maximum Gasteiger partial charge on any atom is 0.242 e. The number of H-pyrrole nitrogens is 1. The minimum absolute atomic E-state index is 0.107. The SMILES string of the molecule is C/C(=N/N(C)c1cccc(S(=O)(=O)N(C)C)c1)C(C=O)C(=O)Nc1cccc(-c2ncc[nH]2)c1. The maximum absolute atomic E-state index is 12.8. The van der Waals surface area contributed by atoms with E-state index < -0.39 is 21.8 Å². The fourth-order valence-electron chi connectivity index (χ4n) is 3.15. The lowest BCUT2D eigenvalue weighted by Crippen LogP contribution is -2.31. The molecule has 178 valence electrons. The van der Waals surface area contributed by atoms with E-state index in [4.69, 9.17) is 0 Å². The number of benzene rings is 2. The van der Waals surface area contributed by atoms with Crippen LogP contribution in [0.4, 0.5) is 11.4 Å². The van der Waals surface area contributed by atoms with Gasteiger partial charge in [-0.15, -0.1) is 0 Å². The number of nitrogens with one attached hydrogen (secondary N) is 2. The lowest BCUT2D eigenvalue weighted by atomic mass is 10.1. The summed E-state index contributed by atoms with van der Waals surface area (Å²) in [7, 11) is 0.890. The van der Waals surface area contributed by atoms with E-state index in [0.717, 1.165) is 9.87 Å². The van der Waals surface area contributed by atoms with E-state index in [1.54, 1.807) is 56.7 Å². The van der Waals surface area contributed by atoms with Gasteiger partial charge in [-0.1, -0.05) is 18.2 Å². The molecular weight excluding hydrogens is 456 g/mol. The number of aldehydes is 1. The van der Waals surface area contributed by atoms with Gasteiger partial charge in [0.25, 0.3) is 0 Å². The summed E-state index contributed by atoms with van der Waals surface area (Å²) in [4.78, 5) is 31.9. The predicted octanol–water partition coefficient (Wildman–Crippen LogP) is 2.59. The number of aromatic nitrogens is 2. The molecule has 0 fully saturated rings. The van der Waals surface area contributed by atoms with E-state index in [1.165, 1.54) is 31.2 Å². The number of hydrazone groups is 1. The van der Waals surface area contributed by atoms with Gasteiger partial charge in [0.2, 0.25) is 15.9 Å². The van der Waals surface area contributed by atoms with Gasteiger partial charge in [0.1, 0.15) is 18.0 Å². The first kappa shape index (κ1) is 24.8. The predicted molar refractivity (Wildman–Crippen MR) is 131 cm³/mol. The summed E-state index contributed by atoms with van der Waals surface area (Å²) in [5.41, 5.74) is 2.02. The van der Waals surface area contributed by atoms with Gasteiger partial charge in [0.05, 0.1) is 16.3 Å². The molecule has 34 heavy (non-hydrogen) atoms. The molecule has 0 aliphatic rings. The zero-order chi connectivity index (χ0) is 24.9. The number of carbonyl (C=O) groups is 2. The molecule has 3 aromatic rings.